The monoisotopic (exact) mass is 1480 g/mol. The average molecular weight is 1480 g/mol. The van der Waals surface area contributed by atoms with E-state index in [1.54, 1.807) is 0 Å². The van der Waals surface area contributed by atoms with Gasteiger partial charge in [-0.25, -0.2) is 0 Å². The summed E-state index contributed by atoms with van der Waals surface area (Å²) in [6, 6.07) is 114. The van der Waals surface area contributed by atoms with E-state index in [0.29, 0.717) is 0 Å². The molecule has 0 aliphatic heterocycles. The third-order valence-corrected chi connectivity index (χ3v) is 28.8. The third kappa shape index (κ3) is 8.86. The Morgan fingerprint density at radius 1 is 0.200 bits per heavy atom. The standard InChI is InChI=1S/C112H85NO2/c1-107(2)87-29-19-15-25-73(87)75-43-34-64(52-89(75)107)66-36-45-77-79-47-38-68(56-93(79)109(5,6)91(77)54-66)85-60-97-101(103-83-27-17-21-31-99(83)114-105(85)103)81-49-41-71(58-95(81)111(97,9)10)113(70-40-33-62-23-13-14-24-63(62)51-70)72-42-50-82-96(59-72)112(11,12)98-61-86(106-104(102(82)98)84-28-18-22-32-100(84)115-106)69-39-48-80-78-46-37-67(55-92(78)110(7,8)94(80)57-69)65-35-44-76-74-26-16-20-30-88(74)108(3,4)90(76)53-65/h13-61H,1-12H3. The van der Waals surface area contributed by atoms with E-state index in [-0.39, 0.29) is 21.7 Å². The van der Waals surface area contributed by atoms with Crippen molar-refractivity contribution in [3.8, 4) is 111 Å². The van der Waals surface area contributed by atoms with E-state index in [0.717, 1.165) is 72.4 Å². The molecule has 0 bridgehead atoms. The second-order valence-electron chi connectivity index (χ2n) is 37.0. The van der Waals surface area contributed by atoms with Crippen molar-refractivity contribution in [2.24, 2.45) is 0 Å². The fraction of sp³-hybridized carbons (Fsp3) is 0.161. The molecule has 0 fully saturated rings. The topological polar surface area (TPSA) is 29.5 Å². The molecule has 0 saturated carbocycles. The van der Waals surface area contributed by atoms with E-state index in [1.807, 2.05) is 0 Å². The highest BCUT2D eigenvalue weighted by Gasteiger charge is 2.45. The number of benzene rings is 16. The Bertz CT molecular complexity index is 7070. The predicted octanol–water partition coefficient (Wildman–Crippen LogP) is 30.6. The molecule has 0 radical (unpaired) electrons. The van der Waals surface area contributed by atoms with Crippen molar-refractivity contribution in [3.63, 3.8) is 0 Å². The maximum atomic E-state index is 7.23. The molecule has 3 heteroatoms. The number of rotatable bonds is 7. The number of nitrogens with zero attached hydrogens (tertiary/aromatic N) is 1. The van der Waals surface area contributed by atoms with Crippen LogP contribution in [0.25, 0.3) is 166 Å². The second kappa shape index (κ2) is 22.6. The SMILES string of the molecule is CC1(C)c2ccccc2-c2ccc(-c3ccc4c(c3)C(C)(C)c3cc(-c5cc6c(c7c5oc5ccccc57)-c5ccc(N(c7ccc8c(c7)C(C)(C)c7cc(-c9ccc%10c(c9)C(C)(C)c9cc(-c%11ccc%12c(c%11)C(C)(C)c%11ccccc%11-%12)ccc9-%10)c9oc%10ccccc%10c9c7-8)c7ccc8ccccc8c7)cc5C6(C)C)ccc3-4)cc21. The van der Waals surface area contributed by atoms with Crippen LogP contribution in [0.5, 0.6) is 0 Å². The summed E-state index contributed by atoms with van der Waals surface area (Å²) in [4.78, 5) is 2.52. The lowest BCUT2D eigenvalue weighted by Gasteiger charge is -2.30. The van der Waals surface area contributed by atoms with Gasteiger partial charge in [-0.15, -0.1) is 0 Å². The van der Waals surface area contributed by atoms with Gasteiger partial charge in [0.15, 0.2) is 0 Å². The van der Waals surface area contributed by atoms with Crippen molar-refractivity contribution in [1.29, 1.82) is 0 Å². The molecule has 2 aromatic heterocycles. The van der Waals surface area contributed by atoms with Crippen LogP contribution in [0.3, 0.4) is 0 Å². The Balaban J connectivity index is 0.602. The Morgan fingerprint density at radius 2 is 0.487 bits per heavy atom. The van der Waals surface area contributed by atoms with Gasteiger partial charge in [0, 0.05) is 82.2 Å². The molecule has 0 saturated heterocycles. The molecule has 24 rings (SSSR count). The van der Waals surface area contributed by atoms with Gasteiger partial charge in [-0.05, 0) is 275 Å². The summed E-state index contributed by atoms with van der Waals surface area (Å²) < 4.78 is 14.5. The van der Waals surface area contributed by atoms with Gasteiger partial charge < -0.3 is 13.7 Å². The lowest BCUT2D eigenvalue weighted by molar-refractivity contribution is 0.656. The summed E-state index contributed by atoms with van der Waals surface area (Å²) in [5.41, 5.74) is 46.8. The Labute approximate surface area is 671 Å². The molecule has 6 aliphatic carbocycles. The first-order valence-corrected chi connectivity index (χ1v) is 41.2. The first-order valence-electron chi connectivity index (χ1n) is 41.2. The van der Waals surface area contributed by atoms with Crippen LogP contribution in [-0.2, 0) is 32.5 Å². The quantitative estimate of drug-likeness (QED) is 0.159. The van der Waals surface area contributed by atoms with Gasteiger partial charge in [-0.3, -0.25) is 0 Å². The largest absolute Gasteiger partial charge is 0.455 e. The van der Waals surface area contributed by atoms with E-state index in [4.69, 9.17) is 8.83 Å². The van der Waals surface area contributed by atoms with Crippen LogP contribution in [0, 0.1) is 0 Å². The van der Waals surface area contributed by atoms with Crippen molar-refractivity contribution in [1.82, 2.24) is 0 Å². The van der Waals surface area contributed by atoms with Crippen LogP contribution in [0.4, 0.5) is 17.1 Å². The minimum Gasteiger partial charge on any atom is -0.455 e. The Hall–Kier alpha value is -12.8. The Kier molecular flexibility index (Phi) is 13.1. The van der Waals surface area contributed by atoms with Gasteiger partial charge >= 0.3 is 0 Å². The summed E-state index contributed by atoms with van der Waals surface area (Å²) in [6.45, 7) is 28.9. The fourth-order valence-electron chi connectivity index (χ4n) is 22.6. The van der Waals surface area contributed by atoms with E-state index in [9.17, 15) is 0 Å². The maximum Gasteiger partial charge on any atom is 0.143 e. The molecule has 3 nitrogen and oxygen atoms in total. The zero-order chi connectivity index (χ0) is 77.6. The van der Waals surface area contributed by atoms with Gasteiger partial charge in [0.2, 0.25) is 0 Å². The summed E-state index contributed by atoms with van der Waals surface area (Å²) in [6.07, 6.45) is 0. The minimum atomic E-state index is -0.412. The van der Waals surface area contributed by atoms with Crippen molar-refractivity contribution in [3.05, 3.63) is 364 Å². The molecular formula is C112H85NO2. The molecule has 115 heavy (non-hydrogen) atoms. The van der Waals surface area contributed by atoms with Crippen molar-refractivity contribution < 1.29 is 8.83 Å². The van der Waals surface area contributed by atoms with Crippen LogP contribution in [0.2, 0.25) is 0 Å². The van der Waals surface area contributed by atoms with Gasteiger partial charge in [-0.1, -0.05) is 283 Å². The van der Waals surface area contributed by atoms with Gasteiger partial charge in [0.05, 0.1) is 0 Å². The summed E-state index contributed by atoms with van der Waals surface area (Å²) >= 11 is 0. The number of para-hydroxylation sites is 2. The van der Waals surface area contributed by atoms with Crippen LogP contribution in [-0.4, -0.2) is 0 Å². The first kappa shape index (κ1) is 66.8. The smallest absolute Gasteiger partial charge is 0.143 e. The molecule has 2 heterocycles. The zero-order valence-corrected chi connectivity index (χ0v) is 67.1. The number of hydrogen-bond acceptors (Lipinski definition) is 3. The molecular weight excluding hydrogens is 1390 g/mol. The lowest BCUT2D eigenvalue weighted by Crippen LogP contribution is -2.18. The summed E-state index contributed by atoms with van der Waals surface area (Å²) in [7, 11) is 0. The minimum absolute atomic E-state index is 0.0749. The zero-order valence-electron chi connectivity index (χ0n) is 67.1. The highest BCUT2D eigenvalue weighted by Crippen LogP contribution is 2.62. The van der Waals surface area contributed by atoms with Crippen LogP contribution < -0.4 is 4.90 Å². The van der Waals surface area contributed by atoms with Gasteiger partial charge in [0.1, 0.15) is 22.3 Å². The molecule has 18 aromatic rings. The van der Waals surface area contributed by atoms with E-state index in [1.165, 1.54) is 177 Å². The lowest BCUT2D eigenvalue weighted by atomic mass is 9.79. The van der Waals surface area contributed by atoms with E-state index in [2.05, 4.69) is 385 Å². The van der Waals surface area contributed by atoms with Crippen LogP contribution in [0.1, 0.15) is 150 Å². The average Bonchev–Trinajstić information content (AvgIpc) is 1.53. The molecule has 6 aliphatic rings. The molecule has 16 aromatic carbocycles. The van der Waals surface area contributed by atoms with Crippen molar-refractivity contribution in [2.75, 3.05) is 4.90 Å². The fourth-order valence-corrected chi connectivity index (χ4v) is 22.6. The summed E-state index contributed by atoms with van der Waals surface area (Å²) in [5.74, 6) is 0. The maximum absolute atomic E-state index is 7.23. The van der Waals surface area contributed by atoms with Crippen LogP contribution >= 0.6 is 0 Å². The third-order valence-electron chi connectivity index (χ3n) is 28.8. The summed E-state index contributed by atoms with van der Waals surface area (Å²) in [5, 5.41) is 7.02. The van der Waals surface area contributed by atoms with Crippen LogP contribution in [0.15, 0.2) is 306 Å². The number of furan rings is 2. The highest BCUT2D eigenvalue weighted by molar-refractivity contribution is 6.21. The predicted molar refractivity (Wildman–Crippen MR) is 480 cm³/mol. The van der Waals surface area contributed by atoms with E-state index < -0.39 is 10.8 Å². The van der Waals surface area contributed by atoms with Gasteiger partial charge in [0.25, 0.3) is 0 Å². The normalized spacial score (nSPS) is 16.1. The van der Waals surface area contributed by atoms with Gasteiger partial charge in [-0.2, -0.15) is 0 Å². The molecule has 0 spiro atoms. The highest BCUT2D eigenvalue weighted by atomic mass is 16.3. The first-order chi connectivity index (χ1) is 55.5. The number of hydrogen-bond donors (Lipinski definition) is 0. The Morgan fingerprint density at radius 3 is 0.896 bits per heavy atom. The molecule has 0 amide bonds. The molecule has 0 unspecified atom stereocenters. The van der Waals surface area contributed by atoms with Crippen molar-refractivity contribution >= 4 is 71.7 Å². The molecule has 550 valence electrons. The van der Waals surface area contributed by atoms with E-state index >= 15 is 0 Å². The molecule has 0 N–H and O–H groups in total. The van der Waals surface area contributed by atoms with Crippen molar-refractivity contribution in [2.45, 2.75) is 116 Å². The number of anilines is 3. The number of fused-ring (bicyclic) bond motifs is 27. The molecule has 0 atom stereocenters. The second-order valence-corrected chi connectivity index (χ2v) is 37.0.